The Morgan fingerprint density at radius 3 is 2.52 bits per heavy atom. The van der Waals surface area contributed by atoms with Gasteiger partial charge in [0.15, 0.2) is 0 Å². The van der Waals surface area contributed by atoms with Crippen molar-refractivity contribution in [1.82, 2.24) is 4.98 Å². The van der Waals surface area contributed by atoms with E-state index in [0.29, 0.717) is 24.0 Å². The summed E-state index contributed by atoms with van der Waals surface area (Å²) in [4.78, 5) is 42.9. The normalized spacial score (nSPS) is 34.0. The SMILES string of the molecule is CC(=O)O[C@H]1CC2[C@](C)(CC[C@H](O)[C@@]2(C)COC(=O)c2ccccc2)C2[C@@H](O)c3c(cc(-c4cccnc4)oc3=O)O[C@@]21C. The van der Waals surface area contributed by atoms with Gasteiger partial charge in [-0.25, -0.2) is 9.59 Å². The van der Waals surface area contributed by atoms with E-state index in [0.717, 1.165) is 0 Å². The van der Waals surface area contributed by atoms with Crippen molar-refractivity contribution in [3.05, 3.63) is 82.5 Å². The molecule has 10 nitrogen and oxygen atoms in total. The van der Waals surface area contributed by atoms with Crippen molar-refractivity contribution < 1.29 is 38.4 Å². The number of ether oxygens (including phenoxy) is 3. The van der Waals surface area contributed by atoms with Gasteiger partial charge < -0.3 is 28.8 Å². The van der Waals surface area contributed by atoms with Gasteiger partial charge >= 0.3 is 17.6 Å². The first-order valence-electron chi connectivity index (χ1n) is 14.9. The second kappa shape index (κ2) is 10.9. The number of hydrogen-bond acceptors (Lipinski definition) is 10. The maximum Gasteiger partial charge on any atom is 0.345 e. The van der Waals surface area contributed by atoms with Crippen LogP contribution in [0, 0.1) is 22.7 Å². The average Bonchev–Trinajstić information content (AvgIpc) is 2.99. The van der Waals surface area contributed by atoms with Gasteiger partial charge in [0, 0.05) is 42.3 Å². The number of nitrogens with zero attached hydrogens (tertiary/aromatic N) is 1. The van der Waals surface area contributed by atoms with Crippen LogP contribution in [0.3, 0.4) is 0 Å². The van der Waals surface area contributed by atoms with Crippen LogP contribution in [0.15, 0.2) is 70.1 Å². The van der Waals surface area contributed by atoms with E-state index in [1.807, 2.05) is 13.8 Å². The predicted molar refractivity (Wildman–Crippen MR) is 158 cm³/mol. The standard InChI is InChI=1S/C34H37NO9/c1-19(36)42-26-16-24-32(2,13-12-25(37)33(24,3)18-41-30(39)20-9-6-5-7-10-20)29-28(38)27-23(44-34(26,29)4)15-22(43-31(27)40)21-11-8-14-35-17-21/h5-11,14-15,17,24-26,28-29,37-38H,12-13,16,18H2,1-4H3/t24?,25-,26-,28-,29?,32-,33-,34+/m0/s1. The number of carbonyl (C=O) groups excluding carboxylic acids is 2. The third-order valence-electron chi connectivity index (χ3n) is 10.4. The second-order valence-corrected chi connectivity index (χ2v) is 13.0. The van der Waals surface area contributed by atoms with Crippen LogP contribution in [0.25, 0.3) is 11.3 Å². The molecular weight excluding hydrogens is 566 g/mol. The summed E-state index contributed by atoms with van der Waals surface area (Å²) < 4.78 is 24.0. The van der Waals surface area contributed by atoms with Gasteiger partial charge in [-0.3, -0.25) is 9.78 Å². The lowest BCUT2D eigenvalue weighted by atomic mass is 9.42. The number of fused-ring (bicyclic) bond motifs is 4. The fourth-order valence-electron chi connectivity index (χ4n) is 8.28. The third-order valence-corrected chi connectivity index (χ3v) is 10.4. The van der Waals surface area contributed by atoms with Gasteiger partial charge in [0.25, 0.3) is 0 Å². The molecule has 1 aromatic carbocycles. The first kappa shape index (κ1) is 30.0. The van der Waals surface area contributed by atoms with Gasteiger partial charge in [-0.1, -0.05) is 32.0 Å². The van der Waals surface area contributed by atoms with Crippen molar-refractivity contribution in [2.45, 2.75) is 70.9 Å². The lowest BCUT2D eigenvalue weighted by Gasteiger charge is -2.66. The fraction of sp³-hybridized carbons (Fsp3) is 0.471. The topological polar surface area (TPSA) is 145 Å². The highest BCUT2D eigenvalue weighted by Crippen LogP contribution is 2.67. The van der Waals surface area contributed by atoms with Crippen molar-refractivity contribution in [3.63, 3.8) is 0 Å². The summed E-state index contributed by atoms with van der Waals surface area (Å²) in [6.07, 6.45) is 1.27. The van der Waals surface area contributed by atoms with E-state index in [4.69, 9.17) is 18.6 Å². The minimum atomic E-state index is -1.33. The summed E-state index contributed by atoms with van der Waals surface area (Å²) in [7, 11) is 0. The van der Waals surface area contributed by atoms with Crippen LogP contribution >= 0.6 is 0 Å². The number of hydrogen-bond donors (Lipinski definition) is 2. The van der Waals surface area contributed by atoms with Gasteiger partial charge in [-0.2, -0.15) is 0 Å². The number of carbonyl (C=O) groups is 2. The molecule has 2 unspecified atom stereocenters. The van der Waals surface area contributed by atoms with Gasteiger partial charge in [-0.15, -0.1) is 0 Å². The van der Waals surface area contributed by atoms with Crippen LogP contribution in [0.1, 0.15) is 69.0 Å². The van der Waals surface area contributed by atoms with E-state index in [1.165, 1.54) is 6.92 Å². The summed E-state index contributed by atoms with van der Waals surface area (Å²) in [6.45, 7) is 6.89. The number of benzene rings is 1. The molecule has 1 aliphatic heterocycles. The molecule has 2 fully saturated rings. The number of pyridine rings is 1. The van der Waals surface area contributed by atoms with Crippen molar-refractivity contribution in [3.8, 4) is 17.1 Å². The average molecular weight is 604 g/mol. The molecule has 2 N–H and O–H groups in total. The fourth-order valence-corrected chi connectivity index (χ4v) is 8.28. The summed E-state index contributed by atoms with van der Waals surface area (Å²) in [5, 5.41) is 23.5. The van der Waals surface area contributed by atoms with E-state index in [-0.39, 0.29) is 30.1 Å². The number of esters is 2. The Labute approximate surface area is 255 Å². The van der Waals surface area contributed by atoms with E-state index >= 15 is 0 Å². The van der Waals surface area contributed by atoms with E-state index in [1.54, 1.807) is 67.8 Å². The Morgan fingerprint density at radius 1 is 1.09 bits per heavy atom. The highest BCUT2D eigenvalue weighted by Gasteiger charge is 2.70. The van der Waals surface area contributed by atoms with Gasteiger partial charge in [0.1, 0.15) is 28.8 Å². The Kier molecular flexibility index (Phi) is 7.41. The lowest BCUT2D eigenvalue weighted by molar-refractivity contribution is -0.268. The van der Waals surface area contributed by atoms with Crippen LogP contribution in [0.4, 0.5) is 0 Å². The molecule has 3 aromatic rings. The zero-order valence-electron chi connectivity index (χ0n) is 25.2. The quantitative estimate of drug-likeness (QED) is 0.401. The maximum atomic E-state index is 13.5. The van der Waals surface area contributed by atoms with Crippen molar-refractivity contribution in [2.24, 2.45) is 22.7 Å². The van der Waals surface area contributed by atoms with Crippen molar-refractivity contribution >= 4 is 11.9 Å². The van der Waals surface area contributed by atoms with Gasteiger partial charge in [-0.05, 0) is 61.8 Å². The molecule has 2 aromatic heterocycles. The van der Waals surface area contributed by atoms with Gasteiger partial charge in [0.05, 0.1) is 24.4 Å². The molecule has 3 aliphatic rings. The van der Waals surface area contributed by atoms with Gasteiger partial charge in [0.2, 0.25) is 0 Å². The first-order chi connectivity index (χ1) is 20.9. The zero-order chi connectivity index (χ0) is 31.4. The van der Waals surface area contributed by atoms with E-state index in [9.17, 15) is 24.6 Å². The molecule has 8 atom stereocenters. The zero-order valence-corrected chi connectivity index (χ0v) is 25.2. The largest absolute Gasteiger partial charge is 0.482 e. The minimum absolute atomic E-state index is 0.00750. The van der Waals surface area contributed by atoms with Crippen LogP contribution in [-0.4, -0.2) is 51.6 Å². The Hall–Kier alpha value is -4.02. The molecule has 0 bridgehead atoms. The summed E-state index contributed by atoms with van der Waals surface area (Å²) in [5.41, 5.74) is -2.73. The summed E-state index contributed by atoms with van der Waals surface area (Å²) in [5.74, 6) is -1.80. The number of aliphatic hydroxyl groups excluding tert-OH is 2. The predicted octanol–water partition coefficient (Wildman–Crippen LogP) is 4.48. The molecule has 6 rings (SSSR count). The van der Waals surface area contributed by atoms with Crippen LogP contribution in [0.2, 0.25) is 0 Å². The van der Waals surface area contributed by atoms with Crippen molar-refractivity contribution in [2.75, 3.05) is 6.61 Å². The monoisotopic (exact) mass is 603 g/mol. The van der Waals surface area contributed by atoms with Crippen molar-refractivity contribution in [1.29, 1.82) is 0 Å². The Balaban J connectivity index is 1.42. The van der Waals surface area contributed by atoms with Crippen LogP contribution in [0.5, 0.6) is 5.75 Å². The van der Waals surface area contributed by atoms with Crippen LogP contribution < -0.4 is 10.4 Å². The molecule has 232 valence electrons. The number of aliphatic hydroxyl groups is 2. The smallest absolute Gasteiger partial charge is 0.345 e. The number of rotatable bonds is 5. The molecule has 44 heavy (non-hydrogen) atoms. The van der Waals surface area contributed by atoms with E-state index in [2.05, 4.69) is 4.98 Å². The molecule has 2 saturated carbocycles. The number of aromatic nitrogens is 1. The molecule has 10 heteroatoms. The minimum Gasteiger partial charge on any atom is -0.482 e. The first-order valence-corrected chi connectivity index (χ1v) is 14.9. The highest BCUT2D eigenvalue weighted by molar-refractivity contribution is 5.89. The molecule has 0 radical (unpaired) electrons. The molecule has 2 aliphatic carbocycles. The lowest BCUT2D eigenvalue weighted by Crippen LogP contribution is -2.71. The Morgan fingerprint density at radius 2 is 1.84 bits per heavy atom. The summed E-state index contributed by atoms with van der Waals surface area (Å²) in [6, 6.07) is 13.6. The Bertz CT molecular complexity index is 1620. The molecule has 0 spiro atoms. The summed E-state index contributed by atoms with van der Waals surface area (Å²) >= 11 is 0. The van der Waals surface area contributed by atoms with Crippen LogP contribution in [-0.2, 0) is 14.3 Å². The highest BCUT2D eigenvalue weighted by atomic mass is 16.6. The van der Waals surface area contributed by atoms with E-state index < -0.39 is 64.1 Å². The molecule has 0 saturated heterocycles. The third kappa shape index (κ3) is 4.71. The molecular formula is C34H37NO9. The maximum absolute atomic E-state index is 13.5. The molecule has 0 amide bonds. The molecule has 3 heterocycles. The second-order valence-electron chi connectivity index (χ2n) is 13.0.